The fraction of sp³-hybridized carbons (Fsp3) is 0.182. The number of nitrogen functional groups attached to an aromatic ring is 1. The molecule has 4 rings (SSSR count). The molecule has 6 heteroatoms. The predicted molar refractivity (Wildman–Crippen MR) is 107 cm³/mol. The first-order chi connectivity index (χ1) is 13.6. The molecule has 2 aromatic carbocycles. The lowest BCUT2D eigenvalue weighted by atomic mass is 10.1. The van der Waals surface area contributed by atoms with Gasteiger partial charge in [-0.2, -0.15) is 0 Å². The number of hydrogen-bond acceptors (Lipinski definition) is 5. The minimum atomic E-state index is -0.724. The highest BCUT2D eigenvalue weighted by Crippen LogP contribution is 2.37. The summed E-state index contributed by atoms with van der Waals surface area (Å²) < 4.78 is 11.8. The Balaban J connectivity index is 1.58. The molecular weight excluding hydrogens is 354 g/mol. The van der Waals surface area contributed by atoms with Crippen molar-refractivity contribution in [3.05, 3.63) is 77.9 Å². The molecule has 3 aromatic rings. The fourth-order valence-corrected chi connectivity index (χ4v) is 3.17. The Labute approximate surface area is 163 Å². The van der Waals surface area contributed by atoms with Gasteiger partial charge in [-0.3, -0.25) is 9.69 Å². The van der Waals surface area contributed by atoms with Crippen LogP contribution in [-0.2, 0) is 4.79 Å². The van der Waals surface area contributed by atoms with E-state index in [0.29, 0.717) is 30.5 Å². The number of rotatable bonds is 5. The normalized spacial score (nSPS) is 15.7. The molecule has 0 saturated carbocycles. The highest BCUT2D eigenvalue weighted by Gasteiger charge is 2.36. The van der Waals surface area contributed by atoms with Crippen LogP contribution < -0.4 is 20.1 Å². The molecule has 1 aromatic heterocycles. The summed E-state index contributed by atoms with van der Waals surface area (Å²) in [4.78, 5) is 19.1. The second-order valence-electron chi connectivity index (χ2n) is 6.62. The summed E-state index contributed by atoms with van der Waals surface area (Å²) in [6, 6.07) is 20.6. The average molecular weight is 375 g/mol. The molecule has 1 atom stereocenters. The third kappa shape index (κ3) is 3.62. The van der Waals surface area contributed by atoms with Crippen LogP contribution in [0.25, 0.3) is 0 Å². The summed E-state index contributed by atoms with van der Waals surface area (Å²) in [6.07, 6.45) is -0.724. The van der Waals surface area contributed by atoms with Gasteiger partial charge in [-0.05, 0) is 36.8 Å². The zero-order valence-electron chi connectivity index (χ0n) is 15.5. The summed E-state index contributed by atoms with van der Waals surface area (Å²) in [5, 5.41) is 0. The molecule has 28 heavy (non-hydrogen) atoms. The molecule has 1 aliphatic rings. The number of ether oxygens (including phenoxy) is 2. The number of aromatic nitrogens is 1. The Morgan fingerprint density at radius 1 is 1.11 bits per heavy atom. The van der Waals surface area contributed by atoms with Crippen LogP contribution in [0.5, 0.6) is 11.5 Å². The van der Waals surface area contributed by atoms with Gasteiger partial charge in [-0.15, -0.1) is 0 Å². The van der Waals surface area contributed by atoms with Gasteiger partial charge in [0.05, 0.1) is 6.54 Å². The number of amides is 1. The number of carbonyl (C=O) groups excluding carboxylic acids is 1. The summed E-state index contributed by atoms with van der Waals surface area (Å²) in [6.45, 7) is 2.67. The van der Waals surface area contributed by atoms with E-state index in [2.05, 4.69) is 4.98 Å². The van der Waals surface area contributed by atoms with E-state index in [1.54, 1.807) is 17.0 Å². The number of nitrogens with two attached hydrogens (primary N) is 1. The van der Waals surface area contributed by atoms with Crippen molar-refractivity contribution in [3.63, 3.8) is 0 Å². The lowest BCUT2D eigenvalue weighted by Crippen LogP contribution is -2.43. The maximum atomic E-state index is 13.2. The van der Waals surface area contributed by atoms with Crippen molar-refractivity contribution in [2.75, 3.05) is 23.8 Å². The summed E-state index contributed by atoms with van der Waals surface area (Å²) in [5.41, 5.74) is 7.74. The van der Waals surface area contributed by atoms with Gasteiger partial charge < -0.3 is 15.2 Å². The highest BCUT2D eigenvalue weighted by molar-refractivity contribution is 5.99. The molecular formula is C22H21N3O3. The van der Waals surface area contributed by atoms with Gasteiger partial charge in [0.25, 0.3) is 5.91 Å². The number of carbonyl (C=O) groups is 1. The van der Waals surface area contributed by atoms with E-state index < -0.39 is 6.10 Å². The van der Waals surface area contributed by atoms with Crippen LogP contribution in [0.2, 0.25) is 0 Å². The van der Waals surface area contributed by atoms with Gasteiger partial charge in [0.1, 0.15) is 18.2 Å². The van der Waals surface area contributed by atoms with E-state index in [1.807, 2.05) is 61.5 Å². The smallest absolute Gasteiger partial charge is 0.274 e. The first kappa shape index (κ1) is 17.9. The van der Waals surface area contributed by atoms with Crippen LogP contribution in [0.3, 0.4) is 0 Å². The van der Waals surface area contributed by atoms with Crippen molar-refractivity contribution in [2.24, 2.45) is 0 Å². The van der Waals surface area contributed by atoms with Crippen molar-refractivity contribution in [2.45, 2.75) is 13.0 Å². The first-order valence-electron chi connectivity index (χ1n) is 9.11. The molecule has 0 aliphatic carbocycles. The third-order valence-electron chi connectivity index (χ3n) is 4.53. The molecule has 0 bridgehead atoms. The van der Waals surface area contributed by atoms with Crippen molar-refractivity contribution < 1.29 is 14.3 Å². The third-order valence-corrected chi connectivity index (χ3v) is 4.53. The maximum absolute atomic E-state index is 13.2. The number of aryl methyl sites for hydroxylation is 1. The quantitative estimate of drug-likeness (QED) is 0.738. The number of anilines is 2. The standard InChI is InChI=1S/C22H21N3O3/c1-15-6-5-9-17(14-15)27-13-12-25-21-18(10-11-19(23)24-21)28-20(22(25)26)16-7-3-2-4-8-16/h2-11,14,20H,12-13H2,1H3,(H2,23,24). The fourth-order valence-electron chi connectivity index (χ4n) is 3.17. The molecule has 0 radical (unpaired) electrons. The minimum Gasteiger partial charge on any atom is -0.492 e. The topological polar surface area (TPSA) is 77.7 Å². The number of fused-ring (bicyclic) bond motifs is 1. The van der Waals surface area contributed by atoms with E-state index >= 15 is 0 Å². The average Bonchev–Trinajstić information content (AvgIpc) is 2.70. The molecule has 2 N–H and O–H groups in total. The highest BCUT2D eigenvalue weighted by atomic mass is 16.5. The van der Waals surface area contributed by atoms with Gasteiger partial charge >= 0.3 is 0 Å². The monoisotopic (exact) mass is 375 g/mol. The maximum Gasteiger partial charge on any atom is 0.274 e. The summed E-state index contributed by atoms with van der Waals surface area (Å²) in [7, 11) is 0. The van der Waals surface area contributed by atoms with E-state index in [4.69, 9.17) is 15.2 Å². The molecule has 2 heterocycles. The largest absolute Gasteiger partial charge is 0.492 e. The van der Waals surface area contributed by atoms with Crippen LogP contribution in [0, 0.1) is 6.92 Å². The Bertz CT molecular complexity index is 991. The minimum absolute atomic E-state index is 0.190. The molecule has 0 saturated heterocycles. The van der Waals surface area contributed by atoms with Crippen LogP contribution in [0.15, 0.2) is 66.7 Å². The molecule has 142 valence electrons. The van der Waals surface area contributed by atoms with Gasteiger partial charge in [0.15, 0.2) is 11.6 Å². The lowest BCUT2D eigenvalue weighted by Gasteiger charge is -2.33. The predicted octanol–water partition coefficient (Wildman–Crippen LogP) is 3.52. The Morgan fingerprint density at radius 2 is 1.93 bits per heavy atom. The summed E-state index contributed by atoms with van der Waals surface area (Å²) in [5.74, 6) is 1.85. The van der Waals surface area contributed by atoms with E-state index in [9.17, 15) is 4.79 Å². The van der Waals surface area contributed by atoms with Gasteiger partial charge in [-0.25, -0.2) is 4.98 Å². The molecule has 6 nitrogen and oxygen atoms in total. The Morgan fingerprint density at radius 3 is 2.71 bits per heavy atom. The number of pyridine rings is 1. The molecule has 0 fully saturated rings. The lowest BCUT2D eigenvalue weighted by molar-refractivity contribution is -0.126. The van der Waals surface area contributed by atoms with Crippen LogP contribution >= 0.6 is 0 Å². The van der Waals surface area contributed by atoms with Crippen molar-refractivity contribution in [1.82, 2.24) is 4.98 Å². The van der Waals surface area contributed by atoms with E-state index in [0.717, 1.165) is 16.9 Å². The van der Waals surface area contributed by atoms with Crippen LogP contribution in [0.1, 0.15) is 17.2 Å². The summed E-state index contributed by atoms with van der Waals surface area (Å²) >= 11 is 0. The molecule has 1 unspecified atom stereocenters. The van der Waals surface area contributed by atoms with Crippen molar-refractivity contribution in [3.8, 4) is 11.5 Å². The van der Waals surface area contributed by atoms with Gasteiger partial charge in [0, 0.05) is 5.56 Å². The molecule has 1 aliphatic heterocycles. The zero-order valence-corrected chi connectivity index (χ0v) is 15.5. The molecule has 1 amide bonds. The number of nitrogens with zero attached hydrogens (tertiary/aromatic N) is 2. The van der Waals surface area contributed by atoms with E-state index in [-0.39, 0.29) is 5.91 Å². The number of benzene rings is 2. The van der Waals surface area contributed by atoms with Crippen molar-refractivity contribution in [1.29, 1.82) is 0 Å². The van der Waals surface area contributed by atoms with Crippen LogP contribution in [0.4, 0.5) is 11.6 Å². The number of hydrogen-bond donors (Lipinski definition) is 1. The Hall–Kier alpha value is -3.54. The van der Waals surface area contributed by atoms with Crippen LogP contribution in [-0.4, -0.2) is 24.0 Å². The van der Waals surface area contributed by atoms with Crippen molar-refractivity contribution >= 4 is 17.5 Å². The second-order valence-corrected chi connectivity index (χ2v) is 6.62. The van der Waals surface area contributed by atoms with Gasteiger partial charge in [-0.1, -0.05) is 42.5 Å². The van der Waals surface area contributed by atoms with Gasteiger partial charge in [0.2, 0.25) is 6.10 Å². The SMILES string of the molecule is Cc1cccc(OCCN2C(=O)C(c3ccccc3)Oc3ccc(N)nc32)c1. The Kier molecular flexibility index (Phi) is 4.85. The van der Waals surface area contributed by atoms with E-state index in [1.165, 1.54) is 0 Å². The first-order valence-corrected chi connectivity index (χ1v) is 9.11. The zero-order chi connectivity index (χ0) is 19.5. The molecule has 0 spiro atoms. The second kappa shape index (κ2) is 7.60.